The van der Waals surface area contributed by atoms with Crippen LogP contribution in [0.4, 0.5) is 0 Å². The van der Waals surface area contributed by atoms with Gasteiger partial charge < -0.3 is 24.4 Å². The Morgan fingerprint density at radius 1 is 1.03 bits per heavy atom. The van der Waals surface area contributed by atoms with Gasteiger partial charge in [-0.25, -0.2) is 0 Å². The number of amides is 2. The van der Waals surface area contributed by atoms with Crippen molar-refractivity contribution in [2.24, 2.45) is 0 Å². The molecule has 8 heteroatoms. The molecule has 1 N–H and O–H groups in total. The van der Waals surface area contributed by atoms with Crippen molar-refractivity contribution in [3.8, 4) is 17.2 Å². The molecule has 36 heavy (non-hydrogen) atoms. The molecule has 0 aliphatic carbocycles. The van der Waals surface area contributed by atoms with Gasteiger partial charge in [0.05, 0.1) is 33.3 Å². The highest BCUT2D eigenvalue weighted by Gasteiger charge is 2.44. The van der Waals surface area contributed by atoms with Gasteiger partial charge in [0.2, 0.25) is 11.7 Å². The van der Waals surface area contributed by atoms with E-state index in [9.17, 15) is 9.59 Å². The molecule has 3 aromatic rings. The number of rotatable bonds is 10. The summed E-state index contributed by atoms with van der Waals surface area (Å²) in [5.41, 5.74) is 2.04. The molecule has 1 aliphatic heterocycles. The average Bonchev–Trinajstić information content (AvgIpc) is 3.42. The van der Waals surface area contributed by atoms with Crippen molar-refractivity contribution in [1.82, 2.24) is 10.2 Å². The molecule has 4 rings (SSSR count). The maximum absolute atomic E-state index is 13.8. The number of nitrogens with one attached hydrogen (secondary N) is 1. The lowest BCUT2D eigenvalue weighted by Gasteiger charge is -2.42. The van der Waals surface area contributed by atoms with E-state index in [0.29, 0.717) is 35.9 Å². The smallest absolute Gasteiger partial charge is 0.254 e. The maximum atomic E-state index is 13.8. The summed E-state index contributed by atoms with van der Waals surface area (Å²) in [6, 6.07) is 14.6. The standard InChI is InChI=1S/C28H32N2O5S/c1-5-14-30-25(18-16-22(33-2)26(35-4)23(17-18)34-3)24(20-10-6-7-11-21(20)28(30)32)27(31)29-13-12-19-9-8-15-36-19/h6-11,15-17,24-25H,5,12-14H2,1-4H3,(H,29,31)/t24-,25-/m0/s1. The Kier molecular flexibility index (Phi) is 8.15. The number of fused-ring (bicyclic) bond motifs is 1. The van der Waals surface area contributed by atoms with Gasteiger partial charge in [0, 0.05) is 23.5 Å². The first kappa shape index (κ1) is 25.6. The largest absolute Gasteiger partial charge is 0.493 e. The van der Waals surface area contributed by atoms with Crippen LogP contribution in [0, 0.1) is 0 Å². The Morgan fingerprint density at radius 2 is 1.75 bits per heavy atom. The van der Waals surface area contributed by atoms with Crippen LogP contribution in [-0.2, 0) is 11.2 Å². The van der Waals surface area contributed by atoms with Gasteiger partial charge >= 0.3 is 0 Å². The van der Waals surface area contributed by atoms with Gasteiger partial charge in [-0.1, -0.05) is 31.2 Å². The minimum Gasteiger partial charge on any atom is -0.493 e. The van der Waals surface area contributed by atoms with Crippen LogP contribution in [0.5, 0.6) is 17.2 Å². The van der Waals surface area contributed by atoms with Gasteiger partial charge in [0.25, 0.3) is 5.91 Å². The number of nitrogens with zero attached hydrogens (tertiary/aromatic N) is 1. The van der Waals surface area contributed by atoms with Gasteiger partial charge in [-0.05, 0) is 53.6 Å². The van der Waals surface area contributed by atoms with E-state index in [1.54, 1.807) is 43.6 Å². The summed E-state index contributed by atoms with van der Waals surface area (Å²) < 4.78 is 16.7. The van der Waals surface area contributed by atoms with Crippen molar-refractivity contribution >= 4 is 23.2 Å². The molecule has 0 saturated heterocycles. The van der Waals surface area contributed by atoms with Crippen molar-refractivity contribution < 1.29 is 23.8 Å². The number of benzene rings is 2. The molecule has 0 saturated carbocycles. The van der Waals surface area contributed by atoms with Crippen molar-refractivity contribution in [2.75, 3.05) is 34.4 Å². The SMILES string of the molecule is CCCN1C(=O)c2ccccc2[C@H](C(=O)NCCc2cccs2)[C@@H]1c1cc(OC)c(OC)c(OC)c1. The molecule has 0 unspecified atom stereocenters. The number of methoxy groups -OCH3 is 3. The molecule has 1 aliphatic rings. The molecule has 1 aromatic heterocycles. The van der Waals surface area contributed by atoms with Crippen LogP contribution < -0.4 is 19.5 Å². The number of hydrogen-bond donors (Lipinski definition) is 1. The second-order valence-corrected chi connectivity index (χ2v) is 9.62. The summed E-state index contributed by atoms with van der Waals surface area (Å²) in [7, 11) is 4.66. The molecule has 0 fully saturated rings. The summed E-state index contributed by atoms with van der Waals surface area (Å²) >= 11 is 1.67. The molecule has 2 amide bonds. The van der Waals surface area contributed by atoms with Crippen LogP contribution in [0.15, 0.2) is 53.9 Å². The fourth-order valence-electron chi connectivity index (χ4n) is 4.88. The quantitative estimate of drug-likeness (QED) is 0.425. The van der Waals surface area contributed by atoms with Gasteiger partial charge in [-0.3, -0.25) is 9.59 Å². The van der Waals surface area contributed by atoms with E-state index in [0.717, 1.165) is 24.0 Å². The van der Waals surface area contributed by atoms with Crippen LogP contribution in [0.2, 0.25) is 0 Å². The minimum atomic E-state index is -0.600. The molecule has 0 spiro atoms. The highest BCUT2D eigenvalue weighted by Crippen LogP contribution is 2.47. The van der Waals surface area contributed by atoms with Crippen LogP contribution in [0.1, 0.15) is 51.7 Å². The lowest BCUT2D eigenvalue weighted by atomic mass is 9.79. The molecule has 190 valence electrons. The Morgan fingerprint density at radius 3 is 2.36 bits per heavy atom. The van der Waals surface area contributed by atoms with Gasteiger partial charge in [0.1, 0.15) is 0 Å². The molecule has 2 heterocycles. The van der Waals surface area contributed by atoms with Crippen molar-refractivity contribution in [3.05, 3.63) is 75.5 Å². The normalized spacial score (nSPS) is 16.9. The molecule has 0 radical (unpaired) electrons. The number of carbonyl (C=O) groups is 2. The van der Waals surface area contributed by atoms with Gasteiger partial charge in [-0.2, -0.15) is 0 Å². The van der Waals surface area contributed by atoms with Crippen LogP contribution in [0.3, 0.4) is 0 Å². The highest BCUT2D eigenvalue weighted by molar-refractivity contribution is 7.09. The number of ether oxygens (including phenoxy) is 3. The third kappa shape index (κ3) is 4.91. The number of hydrogen-bond acceptors (Lipinski definition) is 6. The first-order valence-corrected chi connectivity index (χ1v) is 12.9. The predicted molar refractivity (Wildman–Crippen MR) is 140 cm³/mol. The lowest BCUT2D eigenvalue weighted by Crippen LogP contribution is -2.47. The van der Waals surface area contributed by atoms with Crippen LogP contribution in [0.25, 0.3) is 0 Å². The van der Waals surface area contributed by atoms with Crippen molar-refractivity contribution in [2.45, 2.75) is 31.7 Å². The summed E-state index contributed by atoms with van der Waals surface area (Å²) in [5.74, 6) is 0.611. The Hall–Kier alpha value is -3.52. The zero-order valence-corrected chi connectivity index (χ0v) is 21.9. The van der Waals surface area contributed by atoms with E-state index in [4.69, 9.17) is 14.2 Å². The zero-order valence-electron chi connectivity index (χ0n) is 21.1. The Labute approximate surface area is 216 Å². The fourth-order valence-corrected chi connectivity index (χ4v) is 5.59. The van der Waals surface area contributed by atoms with E-state index in [2.05, 4.69) is 11.4 Å². The third-order valence-electron chi connectivity index (χ3n) is 6.46. The number of carbonyl (C=O) groups excluding carboxylic acids is 2. The minimum absolute atomic E-state index is 0.0890. The number of thiophene rings is 1. The lowest BCUT2D eigenvalue weighted by molar-refractivity contribution is -0.124. The second-order valence-electron chi connectivity index (χ2n) is 8.59. The zero-order chi connectivity index (χ0) is 25.7. The Balaban J connectivity index is 1.80. The highest BCUT2D eigenvalue weighted by atomic mass is 32.1. The summed E-state index contributed by atoms with van der Waals surface area (Å²) in [5, 5.41) is 5.16. The molecule has 2 atom stereocenters. The average molecular weight is 509 g/mol. The summed E-state index contributed by atoms with van der Waals surface area (Å²) in [6.07, 6.45) is 1.51. The fraction of sp³-hybridized carbons (Fsp3) is 0.357. The van der Waals surface area contributed by atoms with E-state index in [1.165, 1.54) is 4.88 Å². The Bertz CT molecular complexity index is 1190. The topological polar surface area (TPSA) is 77.1 Å². The van der Waals surface area contributed by atoms with Crippen LogP contribution >= 0.6 is 11.3 Å². The first-order chi connectivity index (χ1) is 17.5. The third-order valence-corrected chi connectivity index (χ3v) is 7.40. The second kappa shape index (κ2) is 11.5. The summed E-state index contributed by atoms with van der Waals surface area (Å²) in [6.45, 7) is 3.05. The molecular formula is C28H32N2O5S. The van der Waals surface area contributed by atoms with E-state index < -0.39 is 12.0 Å². The van der Waals surface area contributed by atoms with Gasteiger partial charge in [-0.15, -0.1) is 11.3 Å². The summed E-state index contributed by atoms with van der Waals surface area (Å²) in [4.78, 5) is 30.5. The molecule has 0 bridgehead atoms. The molecule has 7 nitrogen and oxygen atoms in total. The molecular weight excluding hydrogens is 476 g/mol. The predicted octanol–water partition coefficient (Wildman–Crippen LogP) is 4.82. The maximum Gasteiger partial charge on any atom is 0.254 e. The van der Waals surface area contributed by atoms with Gasteiger partial charge in [0.15, 0.2) is 11.5 Å². The monoisotopic (exact) mass is 508 g/mol. The first-order valence-electron chi connectivity index (χ1n) is 12.0. The van der Waals surface area contributed by atoms with E-state index >= 15 is 0 Å². The van der Waals surface area contributed by atoms with E-state index in [-0.39, 0.29) is 11.8 Å². The van der Waals surface area contributed by atoms with E-state index in [1.807, 2.05) is 48.7 Å². The molecule has 2 aromatic carbocycles. The van der Waals surface area contributed by atoms with Crippen molar-refractivity contribution in [3.63, 3.8) is 0 Å². The van der Waals surface area contributed by atoms with Crippen molar-refractivity contribution in [1.29, 1.82) is 0 Å². The van der Waals surface area contributed by atoms with Crippen LogP contribution in [-0.4, -0.2) is 51.1 Å².